The molecule has 126 valence electrons. The number of nitrogens with zero attached hydrogens (tertiary/aromatic N) is 1. The van der Waals surface area contributed by atoms with E-state index >= 15 is 0 Å². The normalized spacial score (nSPS) is 10.4. The molecule has 0 unspecified atom stereocenters. The lowest BCUT2D eigenvalue weighted by molar-refractivity contribution is -0.385. The topological polar surface area (TPSA) is 91.1 Å². The van der Waals surface area contributed by atoms with Gasteiger partial charge in [0.15, 0.2) is 5.96 Å². The number of halogens is 3. The third kappa shape index (κ3) is 4.34. The molecule has 0 aliphatic heterocycles. The first-order chi connectivity index (χ1) is 11.2. The summed E-state index contributed by atoms with van der Waals surface area (Å²) in [5, 5.41) is 24.9. The van der Waals surface area contributed by atoms with Crippen molar-refractivity contribution < 1.29 is 4.92 Å². The predicted molar refractivity (Wildman–Crippen MR) is 107 cm³/mol. The molecule has 0 spiro atoms. The molecular formula is C15H13Br3N4O2. The van der Waals surface area contributed by atoms with Gasteiger partial charge in [0.1, 0.15) is 0 Å². The zero-order valence-corrected chi connectivity index (χ0v) is 17.5. The smallest absolute Gasteiger partial charge is 0.283 e. The summed E-state index contributed by atoms with van der Waals surface area (Å²) >= 11 is 10.0. The third-order valence-corrected chi connectivity index (χ3v) is 5.76. The molecule has 0 atom stereocenters. The van der Waals surface area contributed by atoms with Crippen LogP contribution in [0.15, 0.2) is 37.7 Å². The molecule has 3 N–H and O–H groups in total. The van der Waals surface area contributed by atoms with Crippen molar-refractivity contribution in [1.29, 1.82) is 5.41 Å². The Hall–Kier alpha value is -1.45. The first-order valence-electron chi connectivity index (χ1n) is 6.72. The molecule has 0 aliphatic carbocycles. The highest BCUT2D eigenvalue weighted by Gasteiger charge is 2.15. The molecule has 0 amide bonds. The van der Waals surface area contributed by atoms with Crippen LogP contribution in [0.5, 0.6) is 0 Å². The summed E-state index contributed by atoms with van der Waals surface area (Å²) in [5.74, 6) is 0.0659. The minimum Gasteiger partial charge on any atom is -0.326 e. The van der Waals surface area contributed by atoms with E-state index < -0.39 is 4.92 Å². The van der Waals surface area contributed by atoms with Crippen LogP contribution in [0.1, 0.15) is 11.1 Å². The number of hydrogen-bond donors (Lipinski definition) is 3. The SMILES string of the molecule is Cc1cc(Br)c(Br)cc1NC(=N)Nc1cc(Br)c([N+](=O)[O-])cc1C. The fourth-order valence-corrected chi connectivity index (χ4v) is 3.31. The molecule has 2 aromatic rings. The highest BCUT2D eigenvalue weighted by Crippen LogP contribution is 2.32. The van der Waals surface area contributed by atoms with E-state index in [4.69, 9.17) is 5.41 Å². The summed E-state index contributed by atoms with van der Waals surface area (Å²) in [5.41, 5.74) is 3.02. The Labute approximate surface area is 164 Å². The fraction of sp³-hybridized carbons (Fsp3) is 0.133. The average molecular weight is 521 g/mol. The van der Waals surface area contributed by atoms with Gasteiger partial charge in [0.25, 0.3) is 5.69 Å². The molecule has 0 aromatic heterocycles. The molecule has 9 heteroatoms. The van der Waals surface area contributed by atoms with Crippen molar-refractivity contribution in [3.05, 3.63) is 58.9 Å². The van der Waals surface area contributed by atoms with Crippen LogP contribution in [0.3, 0.4) is 0 Å². The number of benzene rings is 2. The van der Waals surface area contributed by atoms with Crippen molar-refractivity contribution in [3.63, 3.8) is 0 Å². The lowest BCUT2D eigenvalue weighted by Gasteiger charge is -2.15. The van der Waals surface area contributed by atoms with Gasteiger partial charge in [0, 0.05) is 26.4 Å². The summed E-state index contributed by atoms with van der Waals surface area (Å²) in [6.45, 7) is 3.68. The van der Waals surface area contributed by atoms with Gasteiger partial charge in [0.05, 0.1) is 9.40 Å². The predicted octanol–water partition coefficient (Wildman–Crippen LogP) is 5.96. The first-order valence-corrected chi connectivity index (χ1v) is 9.09. The van der Waals surface area contributed by atoms with E-state index in [-0.39, 0.29) is 11.6 Å². The number of rotatable bonds is 3. The van der Waals surface area contributed by atoms with Gasteiger partial charge < -0.3 is 10.6 Å². The summed E-state index contributed by atoms with van der Waals surface area (Å²) in [7, 11) is 0. The molecule has 24 heavy (non-hydrogen) atoms. The quantitative estimate of drug-likeness (QED) is 0.202. The number of guanidine groups is 1. The van der Waals surface area contributed by atoms with Gasteiger partial charge in [-0.25, -0.2) is 0 Å². The molecule has 0 heterocycles. The Morgan fingerprint density at radius 3 is 1.96 bits per heavy atom. The summed E-state index contributed by atoms with van der Waals surface area (Å²) < 4.78 is 2.16. The van der Waals surface area contributed by atoms with E-state index in [1.807, 2.05) is 19.1 Å². The Morgan fingerprint density at radius 2 is 1.42 bits per heavy atom. The Bertz CT molecular complexity index is 840. The molecule has 0 radical (unpaired) electrons. The molecule has 6 nitrogen and oxygen atoms in total. The zero-order valence-electron chi connectivity index (χ0n) is 12.7. The van der Waals surface area contributed by atoms with Crippen LogP contribution >= 0.6 is 47.8 Å². The van der Waals surface area contributed by atoms with Crippen molar-refractivity contribution in [2.75, 3.05) is 10.6 Å². The molecule has 0 fully saturated rings. The highest BCUT2D eigenvalue weighted by atomic mass is 79.9. The second-order valence-corrected chi connectivity index (χ2v) is 7.64. The van der Waals surface area contributed by atoms with Crippen molar-refractivity contribution in [1.82, 2.24) is 0 Å². The molecule has 0 aliphatic rings. The van der Waals surface area contributed by atoms with Gasteiger partial charge >= 0.3 is 0 Å². The zero-order chi connectivity index (χ0) is 18.0. The van der Waals surface area contributed by atoms with E-state index in [9.17, 15) is 10.1 Å². The molecule has 0 saturated heterocycles. The first kappa shape index (κ1) is 18.9. The van der Waals surface area contributed by atoms with E-state index in [0.717, 1.165) is 20.2 Å². The summed E-state index contributed by atoms with van der Waals surface area (Å²) in [4.78, 5) is 10.5. The minimum atomic E-state index is -0.451. The largest absolute Gasteiger partial charge is 0.326 e. The Balaban J connectivity index is 2.20. The standard InChI is InChI=1S/C15H13Br3N4O2/c1-7-3-9(16)10(17)5-12(7)20-15(19)21-13-6-11(18)14(22(23)24)4-8(13)2/h3-6H,1-2H3,(H3,19,20,21). The number of nitro groups is 1. The lowest BCUT2D eigenvalue weighted by atomic mass is 10.2. The van der Waals surface area contributed by atoms with Crippen molar-refractivity contribution >= 4 is 70.8 Å². The monoisotopic (exact) mass is 518 g/mol. The van der Waals surface area contributed by atoms with Crippen LogP contribution in [0.4, 0.5) is 17.1 Å². The number of anilines is 2. The number of hydrogen-bond acceptors (Lipinski definition) is 3. The van der Waals surface area contributed by atoms with Crippen molar-refractivity contribution in [2.24, 2.45) is 0 Å². The number of aryl methyl sites for hydroxylation is 2. The van der Waals surface area contributed by atoms with Crippen molar-refractivity contribution in [3.8, 4) is 0 Å². The van der Waals surface area contributed by atoms with E-state index in [1.54, 1.807) is 13.0 Å². The molecule has 0 bridgehead atoms. The van der Waals surface area contributed by atoms with Gasteiger partial charge in [-0.1, -0.05) is 0 Å². The van der Waals surface area contributed by atoms with Gasteiger partial charge in [0.2, 0.25) is 0 Å². The second-order valence-electron chi connectivity index (χ2n) is 5.08. The maximum absolute atomic E-state index is 10.9. The molecule has 0 saturated carbocycles. The average Bonchev–Trinajstić information content (AvgIpc) is 2.47. The van der Waals surface area contributed by atoms with Crippen LogP contribution in [-0.4, -0.2) is 10.9 Å². The van der Waals surface area contributed by atoms with Crippen molar-refractivity contribution in [2.45, 2.75) is 13.8 Å². The van der Waals surface area contributed by atoms with Gasteiger partial charge in [-0.05, 0) is 91.0 Å². The van der Waals surface area contributed by atoms with Gasteiger partial charge in [-0.15, -0.1) is 0 Å². The third-order valence-electron chi connectivity index (χ3n) is 3.28. The Kier molecular flexibility index (Phi) is 6.00. The number of nitro benzene ring substituents is 1. The Morgan fingerprint density at radius 1 is 0.958 bits per heavy atom. The maximum atomic E-state index is 10.9. The maximum Gasteiger partial charge on any atom is 0.283 e. The summed E-state index contributed by atoms with van der Waals surface area (Å²) in [6, 6.07) is 6.86. The van der Waals surface area contributed by atoms with Crippen LogP contribution in [-0.2, 0) is 0 Å². The van der Waals surface area contributed by atoms with Crippen LogP contribution in [0.25, 0.3) is 0 Å². The van der Waals surface area contributed by atoms with E-state index in [0.29, 0.717) is 15.7 Å². The van der Waals surface area contributed by atoms with Crippen LogP contribution in [0, 0.1) is 29.4 Å². The van der Waals surface area contributed by atoms with E-state index in [2.05, 4.69) is 58.4 Å². The van der Waals surface area contributed by atoms with E-state index in [1.165, 1.54) is 6.07 Å². The highest BCUT2D eigenvalue weighted by molar-refractivity contribution is 9.13. The van der Waals surface area contributed by atoms with Gasteiger partial charge in [-0.3, -0.25) is 15.5 Å². The lowest BCUT2D eigenvalue weighted by Crippen LogP contribution is -2.21. The molecular weight excluding hydrogens is 508 g/mol. The summed E-state index contributed by atoms with van der Waals surface area (Å²) in [6.07, 6.45) is 0. The second kappa shape index (κ2) is 7.62. The molecule has 2 aromatic carbocycles. The van der Waals surface area contributed by atoms with Crippen LogP contribution in [0.2, 0.25) is 0 Å². The van der Waals surface area contributed by atoms with Crippen LogP contribution < -0.4 is 10.6 Å². The van der Waals surface area contributed by atoms with Gasteiger partial charge in [-0.2, -0.15) is 0 Å². The number of nitrogens with one attached hydrogen (secondary N) is 3. The fourth-order valence-electron chi connectivity index (χ4n) is 2.02. The molecule has 2 rings (SSSR count). The minimum absolute atomic E-state index is 0.00905.